The fourth-order valence-electron chi connectivity index (χ4n) is 3.70. The van der Waals surface area contributed by atoms with E-state index >= 15 is 0 Å². The van der Waals surface area contributed by atoms with Crippen molar-refractivity contribution in [3.8, 4) is 5.75 Å². The lowest BCUT2D eigenvalue weighted by Gasteiger charge is -2.28. The van der Waals surface area contributed by atoms with Gasteiger partial charge < -0.3 is 20.9 Å². The van der Waals surface area contributed by atoms with Crippen molar-refractivity contribution < 1.29 is 24.2 Å². The SMILES string of the molecule is NC(=O)COc1ccc(C(=O)NC(CC2CCCc3ccccc32)C(=O)O)cc1. The number of carboxylic acids is 1. The number of rotatable bonds is 8. The van der Waals surface area contributed by atoms with Gasteiger partial charge >= 0.3 is 5.97 Å². The summed E-state index contributed by atoms with van der Waals surface area (Å²) in [6, 6.07) is 13.2. The second-order valence-corrected chi connectivity index (χ2v) is 7.17. The molecule has 4 N–H and O–H groups in total. The van der Waals surface area contributed by atoms with E-state index in [1.165, 1.54) is 35.4 Å². The van der Waals surface area contributed by atoms with Crippen LogP contribution in [0.2, 0.25) is 0 Å². The molecule has 2 aromatic carbocycles. The zero-order valence-corrected chi connectivity index (χ0v) is 16.0. The average molecular weight is 396 g/mol. The third-order valence-electron chi connectivity index (χ3n) is 5.11. The highest BCUT2D eigenvalue weighted by Gasteiger charge is 2.28. The van der Waals surface area contributed by atoms with E-state index in [1.54, 1.807) is 0 Å². The maximum Gasteiger partial charge on any atom is 0.326 e. The topological polar surface area (TPSA) is 119 Å². The fourth-order valence-corrected chi connectivity index (χ4v) is 3.70. The van der Waals surface area contributed by atoms with Crippen molar-refractivity contribution in [1.82, 2.24) is 5.32 Å². The number of carbonyl (C=O) groups excluding carboxylic acids is 2. The number of nitrogens with one attached hydrogen (secondary N) is 1. The molecule has 0 heterocycles. The van der Waals surface area contributed by atoms with Crippen LogP contribution in [-0.2, 0) is 16.0 Å². The number of carbonyl (C=O) groups is 3. The highest BCUT2D eigenvalue weighted by atomic mass is 16.5. The summed E-state index contributed by atoms with van der Waals surface area (Å²) in [7, 11) is 0. The fraction of sp³-hybridized carbons (Fsp3) is 0.318. The number of aryl methyl sites for hydroxylation is 1. The number of aliphatic carboxylic acids is 1. The Morgan fingerprint density at radius 3 is 2.55 bits per heavy atom. The van der Waals surface area contributed by atoms with Gasteiger partial charge in [0, 0.05) is 5.56 Å². The van der Waals surface area contributed by atoms with Gasteiger partial charge in [-0.15, -0.1) is 0 Å². The van der Waals surface area contributed by atoms with Gasteiger partial charge in [0.2, 0.25) is 0 Å². The van der Waals surface area contributed by atoms with E-state index in [0.29, 0.717) is 17.7 Å². The molecule has 1 aliphatic rings. The zero-order chi connectivity index (χ0) is 20.8. The first kappa shape index (κ1) is 20.4. The van der Waals surface area contributed by atoms with E-state index in [4.69, 9.17) is 10.5 Å². The molecule has 2 unspecified atom stereocenters. The van der Waals surface area contributed by atoms with Crippen molar-refractivity contribution in [3.05, 3.63) is 65.2 Å². The summed E-state index contributed by atoms with van der Waals surface area (Å²) in [4.78, 5) is 35.1. The van der Waals surface area contributed by atoms with E-state index < -0.39 is 23.8 Å². The minimum absolute atomic E-state index is 0.103. The van der Waals surface area contributed by atoms with Crippen LogP contribution in [-0.4, -0.2) is 35.5 Å². The van der Waals surface area contributed by atoms with Gasteiger partial charge in [0.25, 0.3) is 11.8 Å². The van der Waals surface area contributed by atoms with Crippen molar-refractivity contribution in [3.63, 3.8) is 0 Å². The summed E-state index contributed by atoms with van der Waals surface area (Å²) in [6.45, 7) is -0.254. The van der Waals surface area contributed by atoms with E-state index in [2.05, 4.69) is 11.4 Å². The molecule has 0 saturated carbocycles. The van der Waals surface area contributed by atoms with Crippen LogP contribution in [0, 0.1) is 0 Å². The molecule has 29 heavy (non-hydrogen) atoms. The van der Waals surface area contributed by atoms with Gasteiger partial charge in [-0.05, 0) is 67.0 Å². The Morgan fingerprint density at radius 2 is 1.86 bits per heavy atom. The summed E-state index contributed by atoms with van der Waals surface area (Å²) in [5.74, 6) is -1.62. The predicted octanol–water partition coefficient (Wildman–Crippen LogP) is 2.24. The predicted molar refractivity (Wildman–Crippen MR) is 107 cm³/mol. The summed E-state index contributed by atoms with van der Waals surface area (Å²) in [5.41, 5.74) is 7.77. The van der Waals surface area contributed by atoms with Crippen LogP contribution in [0.4, 0.5) is 0 Å². The van der Waals surface area contributed by atoms with Gasteiger partial charge in [-0.3, -0.25) is 9.59 Å². The first-order valence-corrected chi connectivity index (χ1v) is 9.56. The molecule has 7 heteroatoms. The first-order valence-electron chi connectivity index (χ1n) is 9.56. The number of primary amides is 1. The number of amides is 2. The number of ether oxygens (including phenoxy) is 1. The van der Waals surface area contributed by atoms with Crippen molar-refractivity contribution in [2.24, 2.45) is 5.73 Å². The van der Waals surface area contributed by atoms with E-state index in [9.17, 15) is 19.5 Å². The number of benzene rings is 2. The third kappa shape index (κ3) is 5.34. The van der Waals surface area contributed by atoms with Crippen molar-refractivity contribution in [1.29, 1.82) is 0 Å². The van der Waals surface area contributed by atoms with Crippen molar-refractivity contribution in [2.75, 3.05) is 6.61 Å². The Hall–Kier alpha value is -3.35. The molecule has 7 nitrogen and oxygen atoms in total. The molecule has 2 aromatic rings. The summed E-state index contributed by atoms with van der Waals surface area (Å²) >= 11 is 0. The molecule has 1 aliphatic carbocycles. The first-order chi connectivity index (χ1) is 13.9. The highest BCUT2D eigenvalue weighted by molar-refractivity contribution is 5.96. The molecule has 0 aliphatic heterocycles. The normalized spacial score (nSPS) is 16.3. The van der Waals surface area contributed by atoms with Gasteiger partial charge in [-0.1, -0.05) is 24.3 Å². The molecule has 0 aromatic heterocycles. The van der Waals surface area contributed by atoms with Gasteiger partial charge in [0.05, 0.1) is 0 Å². The summed E-state index contributed by atoms with van der Waals surface area (Å²) in [6.07, 6.45) is 3.26. The summed E-state index contributed by atoms with van der Waals surface area (Å²) in [5, 5.41) is 12.3. The second-order valence-electron chi connectivity index (χ2n) is 7.17. The van der Waals surface area contributed by atoms with Crippen LogP contribution < -0.4 is 15.8 Å². The molecular formula is C22H24N2O5. The smallest absolute Gasteiger partial charge is 0.326 e. The molecule has 0 spiro atoms. The minimum Gasteiger partial charge on any atom is -0.484 e. The monoisotopic (exact) mass is 396 g/mol. The average Bonchev–Trinajstić information content (AvgIpc) is 2.72. The number of hydrogen-bond acceptors (Lipinski definition) is 4. The quantitative estimate of drug-likeness (QED) is 0.632. The second kappa shape index (κ2) is 9.23. The molecule has 0 saturated heterocycles. The standard InChI is InChI=1S/C22H24N2O5/c23-20(25)13-29-17-10-8-15(9-11-17)21(26)24-19(22(27)28)12-16-6-3-5-14-4-1-2-7-18(14)16/h1-2,4,7-11,16,19H,3,5-6,12-13H2,(H2,23,25)(H,24,26)(H,27,28). The van der Waals surface area contributed by atoms with Crippen molar-refractivity contribution in [2.45, 2.75) is 37.6 Å². The highest BCUT2D eigenvalue weighted by Crippen LogP contribution is 2.34. The Balaban J connectivity index is 1.66. The number of hydrogen-bond donors (Lipinski definition) is 3. The molecule has 0 fully saturated rings. The zero-order valence-electron chi connectivity index (χ0n) is 16.0. The molecule has 2 amide bonds. The number of nitrogens with two attached hydrogens (primary N) is 1. The van der Waals surface area contributed by atoms with Crippen LogP contribution in [0.25, 0.3) is 0 Å². The number of carboxylic acid groups (broad SMARTS) is 1. The molecule has 2 atom stereocenters. The Labute approximate surface area is 168 Å². The largest absolute Gasteiger partial charge is 0.484 e. The lowest BCUT2D eigenvalue weighted by molar-refractivity contribution is -0.139. The minimum atomic E-state index is -1.05. The Kier molecular flexibility index (Phi) is 6.49. The Bertz CT molecular complexity index is 894. The van der Waals surface area contributed by atoms with Gasteiger partial charge in [-0.2, -0.15) is 0 Å². The lowest BCUT2D eigenvalue weighted by atomic mass is 9.79. The van der Waals surface area contributed by atoms with Crippen LogP contribution in [0.3, 0.4) is 0 Å². The molecule has 0 radical (unpaired) electrons. The number of fused-ring (bicyclic) bond motifs is 1. The lowest BCUT2D eigenvalue weighted by Crippen LogP contribution is -2.42. The maximum absolute atomic E-state index is 12.5. The van der Waals surface area contributed by atoms with E-state index in [0.717, 1.165) is 19.3 Å². The van der Waals surface area contributed by atoms with Crippen LogP contribution in [0.5, 0.6) is 5.75 Å². The van der Waals surface area contributed by atoms with Crippen LogP contribution >= 0.6 is 0 Å². The van der Waals surface area contributed by atoms with Gasteiger partial charge in [0.15, 0.2) is 6.61 Å². The molecular weight excluding hydrogens is 372 g/mol. The van der Waals surface area contributed by atoms with E-state index in [1.807, 2.05) is 18.2 Å². The van der Waals surface area contributed by atoms with Gasteiger partial charge in [0.1, 0.15) is 11.8 Å². The molecule has 0 bridgehead atoms. The van der Waals surface area contributed by atoms with E-state index in [-0.39, 0.29) is 12.5 Å². The summed E-state index contributed by atoms with van der Waals surface area (Å²) < 4.78 is 5.15. The Morgan fingerprint density at radius 1 is 1.14 bits per heavy atom. The van der Waals surface area contributed by atoms with Crippen molar-refractivity contribution >= 4 is 17.8 Å². The van der Waals surface area contributed by atoms with Crippen LogP contribution in [0.15, 0.2) is 48.5 Å². The van der Waals surface area contributed by atoms with Crippen LogP contribution in [0.1, 0.15) is 46.7 Å². The maximum atomic E-state index is 12.5. The third-order valence-corrected chi connectivity index (χ3v) is 5.11. The molecule has 3 rings (SSSR count). The molecule has 152 valence electrons. The van der Waals surface area contributed by atoms with Gasteiger partial charge in [-0.25, -0.2) is 4.79 Å².